The number of ether oxygens (including phenoxy) is 1. The number of aromatic nitrogens is 2. The summed E-state index contributed by atoms with van der Waals surface area (Å²) in [6, 6.07) is 6.83. The average Bonchev–Trinajstić information content (AvgIpc) is 3.59. The van der Waals surface area contributed by atoms with Crippen molar-refractivity contribution in [2.24, 2.45) is 5.92 Å². The molecule has 0 radical (unpaired) electrons. The predicted molar refractivity (Wildman–Crippen MR) is 135 cm³/mol. The van der Waals surface area contributed by atoms with Gasteiger partial charge in [0.25, 0.3) is 0 Å². The lowest BCUT2D eigenvalue weighted by Gasteiger charge is -2.23. The minimum Gasteiger partial charge on any atom is -0.465 e. The number of methoxy groups -OCH3 is 1. The second-order valence-corrected chi connectivity index (χ2v) is 10.8. The van der Waals surface area contributed by atoms with Crippen molar-refractivity contribution >= 4 is 39.0 Å². The highest BCUT2D eigenvalue weighted by molar-refractivity contribution is 7.20. The minimum absolute atomic E-state index is 0.326. The maximum atomic E-state index is 12.8. The van der Waals surface area contributed by atoms with Gasteiger partial charge in [-0.3, -0.25) is 0 Å². The van der Waals surface area contributed by atoms with Crippen molar-refractivity contribution in [3.8, 4) is 10.4 Å². The van der Waals surface area contributed by atoms with Crippen molar-refractivity contribution in [2.75, 3.05) is 30.8 Å². The third-order valence-corrected chi connectivity index (χ3v) is 8.99. The standard InChI is InChI=1S/C26H30N4O3S/c1-33-26(32)22-23(27)24(34-25(22)29-12-16-9-19(31)10-17(16)13-29)15-7-8-21-20(11-15)28-14-30(21)18-5-3-2-4-6-18/h7-9,11,14,17-19,31H,2-6,10,12-13,27H2,1H3/t17-,19+/m1/s1. The molecule has 0 spiro atoms. The normalized spacial score (nSPS) is 22.9. The Morgan fingerprint density at radius 1 is 1.26 bits per heavy atom. The summed E-state index contributed by atoms with van der Waals surface area (Å²) in [5.41, 5.74) is 11.8. The van der Waals surface area contributed by atoms with Crippen molar-refractivity contribution in [1.82, 2.24) is 9.55 Å². The van der Waals surface area contributed by atoms with E-state index in [1.807, 2.05) is 12.4 Å². The molecule has 1 aromatic carbocycles. The van der Waals surface area contributed by atoms with Crippen molar-refractivity contribution < 1.29 is 14.6 Å². The smallest absolute Gasteiger partial charge is 0.343 e. The molecule has 178 valence electrons. The molecule has 1 saturated carbocycles. The van der Waals surface area contributed by atoms with E-state index in [2.05, 4.69) is 27.7 Å². The quantitative estimate of drug-likeness (QED) is 0.415. The zero-order valence-electron chi connectivity index (χ0n) is 19.4. The molecule has 2 aliphatic carbocycles. The van der Waals surface area contributed by atoms with Crippen LogP contribution in [0.3, 0.4) is 0 Å². The highest BCUT2D eigenvalue weighted by Gasteiger charge is 2.37. The van der Waals surface area contributed by atoms with Gasteiger partial charge < -0.3 is 25.0 Å². The fourth-order valence-corrected chi connectivity index (χ4v) is 7.18. The van der Waals surface area contributed by atoms with E-state index in [1.54, 1.807) is 0 Å². The van der Waals surface area contributed by atoms with Crippen LogP contribution in [0.2, 0.25) is 0 Å². The maximum Gasteiger partial charge on any atom is 0.343 e. The molecule has 1 saturated heterocycles. The zero-order valence-corrected chi connectivity index (χ0v) is 20.2. The first kappa shape index (κ1) is 21.7. The van der Waals surface area contributed by atoms with Gasteiger partial charge in [-0.25, -0.2) is 9.78 Å². The van der Waals surface area contributed by atoms with Gasteiger partial charge in [-0.2, -0.15) is 0 Å². The Hall–Kier alpha value is -2.84. The molecule has 1 aliphatic heterocycles. The van der Waals surface area contributed by atoms with E-state index in [1.165, 1.54) is 56.1 Å². The number of nitrogen functional groups attached to an aromatic ring is 1. The molecule has 0 unspecified atom stereocenters. The Labute approximate surface area is 202 Å². The number of nitrogens with two attached hydrogens (primary N) is 1. The molecular formula is C26H30N4O3S. The summed E-state index contributed by atoms with van der Waals surface area (Å²) in [4.78, 5) is 20.5. The minimum atomic E-state index is -0.413. The average molecular weight is 479 g/mol. The number of imidazole rings is 1. The summed E-state index contributed by atoms with van der Waals surface area (Å²) < 4.78 is 7.43. The Morgan fingerprint density at radius 2 is 2.09 bits per heavy atom. The maximum absolute atomic E-state index is 12.8. The van der Waals surface area contributed by atoms with Gasteiger partial charge in [0.15, 0.2) is 0 Å². The number of carbonyl (C=O) groups excluding carboxylic acids is 1. The number of aliphatic hydroxyl groups is 1. The number of hydrogen-bond donors (Lipinski definition) is 2. The molecular weight excluding hydrogens is 448 g/mol. The molecule has 3 aromatic rings. The molecule has 7 nitrogen and oxygen atoms in total. The molecule has 3 N–H and O–H groups in total. The number of aliphatic hydroxyl groups excluding tert-OH is 1. The van der Waals surface area contributed by atoms with E-state index in [4.69, 9.17) is 15.5 Å². The first-order valence-electron chi connectivity index (χ1n) is 12.1. The Balaban J connectivity index is 1.38. The van der Waals surface area contributed by atoms with Gasteiger partial charge in [-0.1, -0.05) is 31.4 Å². The molecule has 2 aromatic heterocycles. The van der Waals surface area contributed by atoms with Crippen LogP contribution < -0.4 is 10.6 Å². The summed E-state index contributed by atoms with van der Waals surface area (Å²) >= 11 is 1.54. The lowest BCUT2D eigenvalue weighted by molar-refractivity contribution is 0.0603. The van der Waals surface area contributed by atoms with Gasteiger partial charge in [-0.05, 0) is 42.5 Å². The van der Waals surface area contributed by atoms with Gasteiger partial charge in [-0.15, -0.1) is 11.3 Å². The predicted octanol–water partition coefficient (Wildman–Crippen LogP) is 4.77. The highest BCUT2D eigenvalue weighted by atomic mass is 32.1. The largest absolute Gasteiger partial charge is 0.465 e. The van der Waals surface area contributed by atoms with Gasteiger partial charge in [0, 0.05) is 25.0 Å². The van der Waals surface area contributed by atoms with Crippen LogP contribution in [0.25, 0.3) is 21.5 Å². The lowest BCUT2D eigenvalue weighted by atomic mass is 9.95. The van der Waals surface area contributed by atoms with Crippen molar-refractivity contribution in [2.45, 2.75) is 50.7 Å². The second-order valence-electron chi connectivity index (χ2n) is 9.79. The number of anilines is 2. The van der Waals surface area contributed by atoms with Gasteiger partial charge in [0.1, 0.15) is 10.6 Å². The van der Waals surface area contributed by atoms with Gasteiger partial charge in [0.05, 0.1) is 41.1 Å². The van der Waals surface area contributed by atoms with Crippen LogP contribution in [-0.2, 0) is 4.74 Å². The molecule has 3 aliphatic rings. The van der Waals surface area contributed by atoms with Crippen LogP contribution in [0.5, 0.6) is 0 Å². The fourth-order valence-electron chi connectivity index (χ4n) is 5.96. The number of hydrogen-bond acceptors (Lipinski definition) is 7. The monoisotopic (exact) mass is 478 g/mol. The second kappa shape index (κ2) is 8.43. The topological polar surface area (TPSA) is 93.6 Å². The molecule has 8 heteroatoms. The molecule has 2 fully saturated rings. The molecule has 6 rings (SSSR count). The van der Waals surface area contributed by atoms with Crippen LogP contribution >= 0.6 is 11.3 Å². The van der Waals surface area contributed by atoms with E-state index in [-0.39, 0.29) is 6.10 Å². The van der Waals surface area contributed by atoms with Crippen LogP contribution in [0.1, 0.15) is 54.9 Å². The number of nitrogens with zero attached hydrogens (tertiary/aromatic N) is 3. The number of esters is 1. The summed E-state index contributed by atoms with van der Waals surface area (Å²) in [7, 11) is 1.39. The van der Waals surface area contributed by atoms with Crippen molar-refractivity contribution in [3.05, 3.63) is 41.7 Å². The summed E-state index contributed by atoms with van der Waals surface area (Å²) in [6.07, 6.45) is 10.6. The van der Waals surface area contributed by atoms with Gasteiger partial charge in [0.2, 0.25) is 0 Å². The van der Waals surface area contributed by atoms with Crippen LogP contribution in [0.15, 0.2) is 36.2 Å². The fraction of sp³-hybridized carbons (Fsp3) is 0.462. The number of fused-ring (bicyclic) bond motifs is 2. The number of carbonyl (C=O) groups is 1. The Morgan fingerprint density at radius 3 is 2.85 bits per heavy atom. The third kappa shape index (κ3) is 3.51. The van der Waals surface area contributed by atoms with E-state index in [0.717, 1.165) is 39.4 Å². The zero-order chi connectivity index (χ0) is 23.4. The molecule has 34 heavy (non-hydrogen) atoms. The number of benzene rings is 1. The molecule has 3 heterocycles. The SMILES string of the molecule is COC(=O)c1c(N2CC3=C[C@H](O)C[C@@H]3C2)sc(-c2ccc3c(c2)ncn3C2CCCCC2)c1N. The number of thiophene rings is 1. The van der Waals surface area contributed by atoms with E-state index < -0.39 is 5.97 Å². The third-order valence-electron chi connectivity index (χ3n) is 7.68. The van der Waals surface area contributed by atoms with Crippen LogP contribution in [-0.4, -0.2) is 46.9 Å². The summed E-state index contributed by atoms with van der Waals surface area (Å²) in [5.74, 6) is -0.0869. The number of rotatable bonds is 4. The van der Waals surface area contributed by atoms with Crippen LogP contribution in [0, 0.1) is 5.92 Å². The molecule has 2 atom stereocenters. The van der Waals surface area contributed by atoms with Crippen LogP contribution in [0.4, 0.5) is 10.7 Å². The Kier molecular flexibility index (Phi) is 5.37. The first-order valence-corrected chi connectivity index (χ1v) is 13.0. The van der Waals surface area contributed by atoms with Gasteiger partial charge >= 0.3 is 5.97 Å². The van der Waals surface area contributed by atoms with E-state index in [9.17, 15) is 9.90 Å². The molecule has 0 amide bonds. The molecule has 0 bridgehead atoms. The lowest BCUT2D eigenvalue weighted by Crippen LogP contribution is -2.22. The van der Waals surface area contributed by atoms with Crippen molar-refractivity contribution in [1.29, 1.82) is 0 Å². The Bertz CT molecular complexity index is 1290. The summed E-state index contributed by atoms with van der Waals surface area (Å²) in [6.45, 7) is 1.48. The van der Waals surface area contributed by atoms with Crippen molar-refractivity contribution in [3.63, 3.8) is 0 Å². The highest BCUT2D eigenvalue weighted by Crippen LogP contribution is 2.48. The first-order chi connectivity index (χ1) is 16.5. The van der Waals surface area contributed by atoms with E-state index in [0.29, 0.717) is 29.8 Å². The summed E-state index contributed by atoms with van der Waals surface area (Å²) in [5, 5.41) is 10.8. The van der Waals surface area contributed by atoms with E-state index >= 15 is 0 Å².